The molecular formula is C24H20N10O8S. The van der Waals surface area contributed by atoms with E-state index >= 15 is 0 Å². The highest BCUT2D eigenvalue weighted by Crippen LogP contribution is 2.31. The van der Waals surface area contributed by atoms with Crippen molar-refractivity contribution in [3.05, 3.63) is 61.6 Å². The Morgan fingerprint density at radius 3 is 1.63 bits per heavy atom. The molecule has 2 atom stereocenters. The molecule has 0 spiro atoms. The molecule has 0 saturated carbocycles. The van der Waals surface area contributed by atoms with E-state index in [1.54, 1.807) is 46.0 Å². The first-order valence-corrected chi connectivity index (χ1v) is 14.3. The number of aromatic nitrogens is 6. The number of nitrogens with zero attached hydrogens (tertiary/aromatic N) is 10. The molecule has 0 radical (unpaired) electrons. The molecule has 220 valence electrons. The minimum atomic E-state index is -4.89. The number of carbonyl (C=O) groups is 2. The first-order valence-electron chi connectivity index (χ1n) is 12.9. The number of carbonyl (C=O) groups excluding carboxylic acids is 2. The molecule has 19 heteroatoms. The molecule has 2 unspecified atom stereocenters. The summed E-state index contributed by atoms with van der Waals surface area (Å²) in [6.07, 6.45) is 12.6. The number of hydrogen-bond donors (Lipinski definition) is 0. The van der Waals surface area contributed by atoms with Crippen LogP contribution in [-0.4, -0.2) is 108 Å². The van der Waals surface area contributed by atoms with Crippen LogP contribution in [-0.2, 0) is 19.0 Å². The number of oxazole rings is 2. The van der Waals surface area contributed by atoms with Gasteiger partial charge in [-0.1, -0.05) is 0 Å². The fraction of sp³-hybridized carbons (Fsp3) is 0.250. The zero-order chi connectivity index (χ0) is 29.3. The lowest BCUT2D eigenvalue weighted by atomic mass is 10.2. The lowest BCUT2D eigenvalue weighted by Crippen LogP contribution is -2.40. The Labute approximate surface area is 241 Å². The molecule has 4 aliphatic heterocycles. The van der Waals surface area contributed by atoms with Crippen LogP contribution in [0.3, 0.4) is 0 Å². The van der Waals surface area contributed by atoms with E-state index in [0.29, 0.717) is 44.7 Å². The predicted octanol–water partition coefficient (Wildman–Crippen LogP) is 1.12. The van der Waals surface area contributed by atoms with Gasteiger partial charge in [0.2, 0.25) is 11.8 Å². The second-order valence-corrected chi connectivity index (χ2v) is 11.1. The maximum atomic E-state index is 13.0. The standard InChI is InChI=1S/C24H20N10O8S/c35-23-29-11-15(31-5-1-19(27-31)21-25-3-7-39-21)9-17(13-29)33(23)41-43(37,38)42-34-18-10-16(12-30(14-18)24(34)36)32-6-2-20(28-32)22-26-4-8-40-22/h1-10,17-18H,11-14H2. The summed E-state index contributed by atoms with van der Waals surface area (Å²) in [6, 6.07) is 0.528. The highest BCUT2D eigenvalue weighted by molar-refractivity contribution is 7.81. The van der Waals surface area contributed by atoms with Crippen LogP contribution in [0.2, 0.25) is 0 Å². The minimum absolute atomic E-state index is 0.156. The number of hydrogen-bond acceptors (Lipinski definition) is 12. The Morgan fingerprint density at radius 2 is 1.21 bits per heavy atom. The summed E-state index contributed by atoms with van der Waals surface area (Å²) in [5.74, 6) is 0.671. The van der Waals surface area contributed by atoms with Crippen LogP contribution in [0.15, 0.2) is 70.4 Å². The van der Waals surface area contributed by atoms with Crippen LogP contribution >= 0.6 is 0 Å². The SMILES string of the molecule is O=C1N2CC(n3ccc(-c4ncco4)n3)=CC(C2)N1OS(=O)(=O)ON1C(=O)N2CC(n3ccc(-c4ncco4)n3)=CC1C2. The number of urea groups is 2. The van der Waals surface area contributed by atoms with Gasteiger partial charge in [-0.05, 0) is 24.3 Å². The Bertz CT molecular complexity index is 1760. The summed E-state index contributed by atoms with van der Waals surface area (Å²) < 4.78 is 49.9. The summed E-state index contributed by atoms with van der Waals surface area (Å²) in [4.78, 5) is 37.0. The smallest absolute Gasteiger partial charge is 0.442 e. The van der Waals surface area contributed by atoms with Crippen LogP contribution in [0.5, 0.6) is 0 Å². The van der Waals surface area contributed by atoms with Crippen molar-refractivity contribution in [1.29, 1.82) is 0 Å². The summed E-state index contributed by atoms with van der Waals surface area (Å²) >= 11 is 0. The zero-order valence-corrected chi connectivity index (χ0v) is 22.7. The number of rotatable bonds is 8. The summed E-state index contributed by atoms with van der Waals surface area (Å²) in [5, 5.41) is 10.3. The molecule has 4 amide bonds. The molecule has 8 rings (SSSR count). The predicted molar refractivity (Wildman–Crippen MR) is 140 cm³/mol. The molecular weight excluding hydrogens is 588 g/mol. The second kappa shape index (κ2) is 9.37. The monoisotopic (exact) mass is 608 g/mol. The van der Waals surface area contributed by atoms with Crippen molar-refractivity contribution in [3.63, 3.8) is 0 Å². The van der Waals surface area contributed by atoms with Gasteiger partial charge in [-0.15, -0.1) is 8.57 Å². The molecule has 4 aromatic rings. The molecule has 0 N–H and O–H groups in total. The minimum Gasteiger partial charge on any atom is -0.443 e. The number of amides is 4. The van der Waals surface area contributed by atoms with Crippen LogP contribution in [0.1, 0.15) is 0 Å². The van der Waals surface area contributed by atoms with Gasteiger partial charge >= 0.3 is 22.5 Å². The van der Waals surface area contributed by atoms with Gasteiger partial charge in [0.15, 0.2) is 0 Å². The Morgan fingerprint density at radius 1 is 0.744 bits per heavy atom. The highest BCUT2D eigenvalue weighted by Gasteiger charge is 2.47. The number of fused-ring (bicyclic) bond motifs is 4. The van der Waals surface area contributed by atoms with E-state index in [-0.39, 0.29) is 26.2 Å². The van der Waals surface area contributed by atoms with E-state index in [4.69, 9.17) is 17.4 Å². The molecule has 0 aromatic carbocycles. The highest BCUT2D eigenvalue weighted by atomic mass is 32.3. The van der Waals surface area contributed by atoms with Crippen molar-refractivity contribution in [2.45, 2.75) is 12.1 Å². The van der Waals surface area contributed by atoms with Crippen molar-refractivity contribution in [1.82, 2.24) is 49.5 Å². The molecule has 2 fully saturated rings. The van der Waals surface area contributed by atoms with E-state index in [0.717, 1.165) is 0 Å². The third kappa shape index (κ3) is 4.37. The van der Waals surface area contributed by atoms with Crippen molar-refractivity contribution < 1.29 is 35.4 Å². The molecule has 2 saturated heterocycles. The first kappa shape index (κ1) is 25.4. The molecule has 0 aliphatic carbocycles. The van der Waals surface area contributed by atoms with E-state index in [1.165, 1.54) is 34.7 Å². The summed E-state index contributed by atoms with van der Waals surface area (Å²) in [7, 11) is -4.89. The number of hydroxylamine groups is 4. The van der Waals surface area contributed by atoms with Crippen LogP contribution in [0.25, 0.3) is 34.6 Å². The topological polar surface area (TPSA) is 187 Å². The van der Waals surface area contributed by atoms with Crippen molar-refractivity contribution in [2.24, 2.45) is 0 Å². The van der Waals surface area contributed by atoms with Crippen molar-refractivity contribution >= 4 is 33.9 Å². The first-order chi connectivity index (χ1) is 20.8. The quantitative estimate of drug-likeness (QED) is 0.278. The molecule has 4 bridgehead atoms. The molecule has 4 aliphatic rings. The average Bonchev–Trinajstić information content (AvgIpc) is 3.84. The van der Waals surface area contributed by atoms with Gasteiger partial charge in [0.05, 0.1) is 36.9 Å². The average molecular weight is 609 g/mol. The zero-order valence-electron chi connectivity index (χ0n) is 21.9. The van der Waals surface area contributed by atoms with Gasteiger partial charge in [-0.3, -0.25) is 0 Å². The molecule has 4 aromatic heterocycles. The van der Waals surface area contributed by atoms with E-state index in [2.05, 4.69) is 20.2 Å². The third-order valence-corrected chi connectivity index (χ3v) is 7.91. The van der Waals surface area contributed by atoms with E-state index in [9.17, 15) is 18.0 Å². The van der Waals surface area contributed by atoms with E-state index < -0.39 is 34.5 Å². The van der Waals surface area contributed by atoms with Gasteiger partial charge < -0.3 is 18.6 Å². The van der Waals surface area contributed by atoms with Crippen molar-refractivity contribution in [2.75, 3.05) is 26.2 Å². The van der Waals surface area contributed by atoms with Gasteiger partial charge in [0.25, 0.3) is 0 Å². The molecule has 18 nitrogen and oxygen atoms in total. The fourth-order valence-electron chi connectivity index (χ4n) is 5.34. The Hall–Kier alpha value is -5.27. The Balaban J connectivity index is 0.978. The second-order valence-electron chi connectivity index (χ2n) is 9.95. The maximum Gasteiger partial charge on any atom is 0.442 e. The van der Waals surface area contributed by atoms with E-state index in [1.807, 2.05) is 0 Å². The maximum absolute atomic E-state index is 13.0. The normalized spacial score (nSPS) is 21.7. The third-order valence-electron chi connectivity index (χ3n) is 7.22. The van der Waals surface area contributed by atoms with Gasteiger partial charge in [0, 0.05) is 25.5 Å². The molecule has 43 heavy (non-hydrogen) atoms. The van der Waals surface area contributed by atoms with Gasteiger partial charge in [-0.25, -0.2) is 28.9 Å². The lowest BCUT2D eigenvalue weighted by molar-refractivity contribution is -0.0723. The molecule has 8 heterocycles. The van der Waals surface area contributed by atoms with Crippen molar-refractivity contribution in [3.8, 4) is 23.2 Å². The fourth-order valence-corrected chi connectivity index (χ4v) is 6.11. The van der Waals surface area contributed by atoms with Gasteiger partial charge in [-0.2, -0.15) is 28.7 Å². The Kier molecular flexibility index (Phi) is 5.55. The largest absolute Gasteiger partial charge is 0.443 e. The van der Waals surface area contributed by atoms with Crippen LogP contribution in [0.4, 0.5) is 9.59 Å². The van der Waals surface area contributed by atoms with Crippen LogP contribution in [0, 0.1) is 0 Å². The lowest BCUT2D eigenvalue weighted by Gasteiger charge is -2.22. The van der Waals surface area contributed by atoms with Crippen LogP contribution < -0.4 is 0 Å². The van der Waals surface area contributed by atoms with Gasteiger partial charge in [0.1, 0.15) is 36.0 Å². The summed E-state index contributed by atoms with van der Waals surface area (Å²) in [6.45, 7) is 0.693. The summed E-state index contributed by atoms with van der Waals surface area (Å²) in [5.41, 5.74) is 2.21.